The van der Waals surface area contributed by atoms with Crippen LogP contribution in [0.4, 0.5) is 5.00 Å². The molecule has 3 N–H and O–H groups in total. The number of fused-ring (bicyclic) bond motifs is 1. The van der Waals surface area contributed by atoms with Gasteiger partial charge in [0.25, 0.3) is 5.91 Å². The number of amides is 2. The molecule has 2 aliphatic carbocycles. The molecule has 0 aliphatic heterocycles. The molecule has 4 rings (SSSR count). The third-order valence-electron chi connectivity index (χ3n) is 4.41. The molecule has 2 heterocycles. The van der Waals surface area contributed by atoms with Gasteiger partial charge < -0.3 is 11.1 Å². The molecule has 132 valence electrons. The van der Waals surface area contributed by atoms with Crippen molar-refractivity contribution in [2.45, 2.75) is 55.5 Å². The molecule has 0 saturated heterocycles. The lowest BCUT2D eigenvalue weighted by molar-refractivity contribution is -0.115. The zero-order valence-electron chi connectivity index (χ0n) is 13.7. The van der Waals surface area contributed by atoms with Crippen LogP contribution in [0.1, 0.15) is 53.0 Å². The number of tetrazole rings is 1. The Morgan fingerprint density at radius 1 is 1.40 bits per heavy atom. The van der Waals surface area contributed by atoms with Gasteiger partial charge in [0.2, 0.25) is 11.1 Å². The number of aromatic nitrogens is 4. The third kappa shape index (κ3) is 3.15. The highest BCUT2D eigenvalue weighted by Crippen LogP contribution is 2.40. The molecule has 2 aliphatic rings. The van der Waals surface area contributed by atoms with Gasteiger partial charge in [0.1, 0.15) is 5.00 Å². The molecule has 10 heteroatoms. The van der Waals surface area contributed by atoms with Crippen molar-refractivity contribution in [1.82, 2.24) is 20.2 Å². The summed E-state index contributed by atoms with van der Waals surface area (Å²) in [6.45, 7) is 1.80. The zero-order chi connectivity index (χ0) is 17.6. The minimum Gasteiger partial charge on any atom is -0.365 e. The lowest BCUT2D eigenvalue weighted by atomic mass is 10.1. The average Bonchev–Trinajstić information content (AvgIpc) is 2.98. The van der Waals surface area contributed by atoms with Gasteiger partial charge in [0, 0.05) is 4.88 Å². The Hall–Kier alpha value is -1.94. The number of nitrogens with one attached hydrogen (secondary N) is 1. The molecule has 0 spiro atoms. The molecule has 1 atom stereocenters. The maximum atomic E-state index is 12.6. The summed E-state index contributed by atoms with van der Waals surface area (Å²) in [5.41, 5.74) is 7.02. The van der Waals surface area contributed by atoms with Gasteiger partial charge in [0.15, 0.2) is 0 Å². The van der Waals surface area contributed by atoms with E-state index in [-0.39, 0.29) is 11.2 Å². The maximum absolute atomic E-state index is 12.6. The van der Waals surface area contributed by atoms with Crippen LogP contribution in [0.3, 0.4) is 0 Å². The van der Waals surface area contributed by atoms with Crippen molar-refractivity contribution in [3.8, 4) is 0 Å². The number of primary amides is 1. The van der Waals surface area contributed by atoms with E-state index in [9.17, 15) is 9.59 Å². The summed E-state index contributed by atoms with van der Waals surface area (Å²) >= 11 is 2.78. The Morgan fingerprint density at radius 2 is 2.20 bits per heavy atom. The van der Waals surface area contributed by atoms with E-state index in [4.69, 9.17) is 5.73 Å². The zero-order valence-corrected chi connectivity index (χ0v) is 15.3. The number of carbonyl (C=O) groups excluding carboxylic acids is 2. The van der Waals surface area contributed by atoms with E-state index in [1.54, 1.807) is 11.6 Å². The standard InChI is InChI=1S/C15H18N6O2S2/c1-7(24-15-18-19-20-21(15)8-5-6-8)13(23)17-14-11(12(16)22)9-3-2-4-10(9)25-14/h7-8H,2-6H2,1H3,(H2,16,22)(H,17,23)/t7-/m0/s1. The Bertz CT molecular complexity index is 841. The summed E-state index contributed by atoms with van der Waals surface area (Å²) in [5, 5.41) is 15.4. The molecule has 2 aromatic rings. The predicted molar refractivity (Wildman–Crippen MR) is 94.9 cm³/mol. The summed E-state index contributed by atoms with van der Waals surface area (Å²) in [5.74, 6) is -0.662. The SMILES string of the molecule is C[C@H](Sc1nnnn1C1CC1)C(=O)Nc1sc2c(c1C(N)=O)CCC2. The van der Waals surface area contributed by atoms with Crippen molar-refractivity contribution >= 4 is 39.9 Å². The van der Waals surface area contributed by atoms with Gasteiger partial charge in [-0.1, -0.05) is 11.8 Å². The van der Waals surface area contributed by atoms with Crippen LogP contribution in [0.5, 0.6) is 0 Å². The number of thiophene rings is 1. The monoisotopic (exact) mass is 378 g/mol. The summed E-state index contributed by atoms with van der Waals surface area (Å²) in [6, 6.07) is 0.356. The lowest BCUT2D eigenvalue weighted by Crippen LogP contribution is -2.24. The van der Waals surface area contributed by atoms with Crippen LogP contribution >= 0.6 is 23.1 Å². The third-order valence-corrected chi connectivity index (χ3v) is 6.67. The Balaban J connectivity index is 1.48. The number of aryl methyl sites for hydroxylation is 1. The summed E-state index contributed by atoms with van der Waals surface area (Å²) < 4.78 is 1.78. The molecular formula is C15H18N6O2S2. The number of hydrogen-bond donors (Lipinski definition) is 2. The number of anilines is 1. The molecule has 2 amide bonds. The normalized spacial score (nSPS) is 17.3. The average molecular weight is 378 g/mol. The fourth-order valence-corrected chi connectivity index (χ4v) is 5.15. The summed E-state index contributed by atoms with van der Waals surface area (Å²) in [6.07, 6.45) is 4.96. The number of carbonyl (C=O) groups is 2. The van der Waals surface area contributed by atoms with E-state index in [1.807, 2.05) is 0 Å². The number of nitrogens with two attached hydrogens (primary N) is 1. The van der Waals surface area contributed by atoms with E-state index in [2.05, 4.69) is 20.8 Å². The van der Waals surface area contributed by atoms with Gasteiger partial charge in [0.05, 0.1) is 16.9 Å². The van der Waals surface area contributed by atoms with E-state index < -0.39 is 5.91 Å². The summed E-state index contributed by atoms with van der Waals surface area (Å²) in [7, 11) is 0. The number of rotatable bonds is 6. The smallest absolute Gasteiger partial charge is 0.251 e. The first-order valence-electron chi connectivity index (χ1n) is 8.24. The topological polar surface area (TPSA) is 116 Å². The number of nitrogens with zero attached hydrogens (tertiary/aromatic N) is 4. The quantitative estimate of drug-likeness (QED) is 0.740. The van der Waals surface area contributed by atoms with Crippen LogP contribution in [0.2, 0.25) is 0 Å². The second-order valence-corrected chi connectivity index (χ2v) is 8.73. The molecule has 25 heavy (non-hydrogen) atoms. The lowest BCUT2D eigenvalue weighted by Gasteiger charge is -2.11. The first kappa shape index (κ1) is 16.5. The van der Waals surface area contributed by atoms with Gasteiger partial charge in [-0.2, -0.15) is 0 Å². The van der Waals surface area contributed by atoms with Crippen LogP contribution < -0.4 is 11.1 Å². The molecule has 8 nitrogen and oxygen atoms in total. The fourth-order valence-electron chi connectivity index (χ4n) is 2.99. The van der Waals surface area contributed by atoms with Crippen molar-refractivity contribution in [1.29, 1.82) is 0 Å². The van der Waals surface area contributed by atoms with Crippen LogP contribution in [-0.2, 0) is 17.6 Å². The second kappa shape index (κ2) is 6.41. The van der Waals surface area contributed by atoms with Crippen LogP contribution in [0, 0.1) is 0 Å². The summed E-state index contributed by atoms with van der Waals surface area (Å²) in [4.78, 5) is 25.6. The maximum Gasteiger partial charge on any atom is 0.251 e. The first-order chi connectivity index (χ1) is 12.0. The van der Waals surface area contributed by atoms with Crippen molar-refractivity contribution in [2.24, 2.45) is 5.73 Å². The molecule has 0 unspecified atom stereocenters. The minimum absolute atomic E-state index is 0.183. The molecule has 0 aromatic carbocycles. The first-order valence-corrected chi connectivity index (χ1v) is 9.94. The molecule has 0 radical (unpaired) electrons. The van der Waals surface area contributed by atoms with Crippen LogP contribution in [0.15, 0.2) is 5.16 Å². The van der Waals surface area contributed by atoms with Crippen LogP contribution in [0.25, 0.3) is 0 Å². The molecule has 1 fully saturated rings. The van der Waals surface area contributed by atoms with Crippen molar-refractivity contribution < 1.29 is 9.59 Å². The van der Waals surface area contributed by atoms with Crippen molar-refractivity contribution in [3.05, 3.63) is 16.0 Å². The van der Waals surface area contributed by atoms with Crippen LogP contribution in [-0.4, -0.2) is 37.3 Å². The van der Waals surface area contributed by atoms with Gasteiger partial charge in [-0.3, -0.25) is 9.59 Å². The van der Waals surface area contributed by atoms with E-state index in [1.165, 1.54) is 23.1 Å². The number of thioether (sulfide) groups is 1. The molecule has 0 bridgehead atoms. The molecular weight excluding hydrogens is 360 g/mol. The Labute approximate surface area is 152 Å². The van der Waals surface area contributed by atoms with E-state index >= 15 is 0 Å². The highest BCUT2D eigenvalue weighted by Gasteiger charge is 2.30. The second-order valence-electron chi connectivity index (χ2n) is 6.31. The Morgan fingerprint density at radius 3 is 2.92 bits per heavy atom. The van der Waals surface area contributed by atoms with E-state index in [0.717, 1.165) is 42.5 Å². The van der Waals surface area contributed by atoms with E-state index in [0.29, 0.717) is 21.8 Å². The largest absolute Gasteiger partial charge is 0.365 e. The van der Waals surface area contributed by atoms with Gasteiger partial charge in [-0.15, -0.1) is 16.4 Å². The fraction of sp³-hybridized carbons (Fsp3) is 0.533. The van der Waals surface area contributed by atoms with Gasteiger partial charge in [-0.05, 0) is 55.0 Å². The highest BCUT2D eigenvalue weighted by molar-refractivity contribution is 8.00. The van der Waals surface area contributed by atoms with Crippen molar-refractivity contribution in [2.75, 3.05) is 5.32 Å². The molecule has 1 saturated carbocycles. The highest BCUT2D eigenvalue weighted by atomic mass is 32.2. The number of hydrogen-bond acceptors (Lipinski definition) is 7. The van der Waals surface area contributed by atoms with Gasteiger partial charge in [-0.25, -0.2) is 4.68 Å². The van der Waals surface area contributed by atoms with Crippen molar-refractivity contribution in [3.63, 3.8) is 0 Å². The Kier molecular flexibility index (Phi) is 4.24. The van der Waals surface area contributed by atoms with Gasteiger partial charge >= 0.3 is 0 Å². The predicted octanol–water partition coefficient (Wildman–Crippen LogP) is 1.78. The molecule has 2 aromatic heterocycles. The minimum atomic E-state index is -0.479.